The Hall–Kier alpha value is -1.02. The van der Waals surface area contributed by atoms with E-state index in [9.17, 15) is 9.90 Å². The predicted octanol–water partition coefficient (Wildman–Crippen LogP) is -0.886. The van der Waals surface area contributed by atoms with Crippen LogP contribution in [0.4, 0.5) is 0 Å². The minimum atomic E-state index is -1.90. The average Bonchev–Trinajstić information content (AvgIpc) is 2.63. The minimum absolute atomic E-state index is 0.0731. The molecule has 0 aliphatic rings. The smallest absolute Gasteiger partial charge is 0.335 e. The summed E-state index contributed by atoms with van der Waals surface area (Å²) >= 11 is 0.952. The Balaban J connectivity index is 2.78. The van der Waals surface area contributed by atoms with Crippen LogP contribution in [-0.2, 0) is 11.4 Å². The van der Waals surface area contributed by atoms with Crippen molar-refractivity contribution in [2.75, 3.05) is 0 Å². The van der Waals surface area contributed by atoms with Crippen LogP contribution in [-0.4, -0.2) is 37.5 Å². The lowest BCUT2D eigenvalue weighted by Gasteiger charge is -2.10. The summed E-state index contributed by atoms with van der Waals surface area (Å²) in [4.78, 5) is 14.5. The summed E-state index contributed by atoms with van der Waals surface area (Å²) in [6.45, 7) is -0.229. The van der Waals surface area contributed by atoms with Crippen LogP contribution >= 0.6 is 11.3 Å². The van der Waals surface area contributed by atoms with E-state index in [1.165, 1.54) is 6.20 Å². The largest absolute Gasteiger partial charge is 0.479 e. The molecule has 0 aliphatic heterocycles. The molecular formula is C7H9NO5S. The molecule has 0 aliphatic carbocycles. The summed E-state index contributed by atoms with van der Waals surface area (Å²) in [7, 11) is 0. The fourth-order valence-corrected chi connectivity index (χ4v) is 1.60. The lowest BCUT2D eigenvalue weighted by Crippen LogP contribution is -2.27. The van der Waals surface area contributed by atoms with Crippen molar-refractivity contribution >= 4 is 17.3 Å². The molecule has 1 aromatic rings. The first-order valence-electron chi connectivity index (χ1n) is 3.70. The number of carboxylic acids is 1. The molecule has 0 fully saturated rings. The number of hydrogen-bond donors (Lipinski definition) is 4. The monoisotopic (exact) mass is 219 g/mol. The normalized spacial score (nSPS) is 15.1. The molecule has 0 aromatic carbocycles. The van der Waals surface area contributed by atoms with E-state index in [2.05, 4.69) is 4.98 Å². The molecule has 0 bridgehead atoms. The first-order valence-corrected chi connectivity index (χ1v) is 4.52. The van der Waals surface area contributed by atoms with E-state index in [-0.39, 0.29) is 11.6 Å². The summed E-state index contributed by atoms with van der Waals surface area (Å²) in [5.74, 6) is -1.52. The summed E-state index contributed by atoms with van der Waals surface area (Å²) < 4.78 is 0. The lowest BCUT2D eigenvalue weighted by molar-refractivity contribution is -0.153. The summed E-state index contributed by atoms with van der Waals surface area (Å²) in [5.41, 5.74) is 0. The number of rotatable bonds is 4. The standard InChI is InChI=1S/C7H9NO5S/c9-2-3-1-8-6(14-3)4(10)5(11)7(12)13/h1,4-5,9-11H,2H2,(H,12,13). The van der Waals surface area contributed by atoms with Crippen molar-refractivity contribution in [1.29, 1.82) is 0 Å². The molecule has 4 N–H and O–H groups in total. The fourth-order valence-electron chi connectivity index (χ4n) is 0.803. The van der Waals surface area contributed by atoms with Gasteiger partial charge in [0.2, 0.25) is 0 Å². The molecule has 1 heterocycles. The Morgan fingerprint density at radius 2 is 2.21 bits per heavy atom. The van der Waals surface area contributed by atoms with Gasteiger partial charge in [-0.05, 0) is 0 Å². The molecule has 0 saturated heterocycles. The van der Waals surface area contributed by atoms with E-state index in [0.717, 1.165) is 11.3 Å². The number of thiazole rings is 1. The Morgan fingerprint density at radius 1 is 1.57 bits per heavy atom. The highest BCUT2D eigenvalue weighted by Crippen LogP contribution is 2.22. The van der Waals surface area contributed by atoms with Crippen molar-refractivity contribution in [2.45, 2.75) is 18.8 Å². The van der Waals surface area contributed by atoms with E-state index < -0.39 is 18.2 Å². The lowest BCUT2D eigenvalue weighted by atomic mass is 10.2. The second-order valence-corrected chi connectivity index (χ2v) is 3.70. The minimum Gasteiger partial charge on any atom is -0.479 e. The molecule has 6 nitrogen and oxygen atoms in total. The molecule has 0 radical (unpaired) electrons. The summed E-state index contributed by atoms with van der Waals surface area (Å²) in [6, 6.07) is 0. The average molecular weight is 219 g/mol. The van der Waals surface area contributed by atoms with Gasteiger partial charge in [-0.25, -0.2) is 9.78 Å². The third kappa shape index (κ3) is 2.26. The topological polar surface area (TPSA) is 111 Å². The van der Waals surface area contributed by atoms with Crippen molar-refractivity contribution in [3.63, 3.8) is 0 Å². The molecule has 0 amide bonds. The number of aliphatic hydroxyl groups excluding tert-OH is 3. The highest BCUT2D eigenvalue weighted by molar-refractivity contribution is 7.11. The molecule has 7 heteroatoms. The second-order valence-electron chi connectivity index (χ2n) is 2.55. The van der Waals surface area contributed by atoms with Gasteiger partial charge in [-0.15, -0.1) is 11.3 Å². The zero-order valence-corrected chi connectivity index (χ0v) is 7.81. The zero-order valence-electron chi connectivity index (χ0n) is 6.99. The number of carboxylic acid groups (broad SMARTS) is 1. The molecule has 1 rings (SSSR count). The third-order valence-corrected chi connectivity index (χ3v) is 2.59. The quantitative estimate of drug-likeness (QED) is 0.523. The molecule has 78 valence electrons. The van der Waals surface area contributed by atoms with Crippen molar-refractivity contribution < 1.29 is 25.2 Å². The van der Waals surface area contributed by atoms with Crippen molar-refractivity contribution in [3.05, 3.63) is 16.1 Å². The van der Waals surface area contributed by atoms with Gasteiger partial charge in [0, 0.05) is 6.20 Å². The van der Waals surface area contributed by atoms with Crippen LogP contribution in [0.5, 0.6) is 0 Å². The molecule has 1 aromatic heterocycles. The Bertz CT molecular complexity index is 326. The van der Waals surface area contributed by atoms with Gasteiger partial charge in [-0.2, -0.15) is 0 Å². The second kappa shape index (κ2) is 4.47. The molecule has 2 unspecified atom stereocenters. The Labute approximate surface area is 83.1 Å². The van der Waals surface area contributed by atoms with Crippen LogP contribution in [0, 0.1) is 0 Å². The van der Waals surface area contributed by atoms with E-state index in [1.54, 1.807) is 0 Å². The molecule has 2 atom stereocenters. The number of nitrogens with zero attached hydrogens (tertiary/aromatic N) is 1. The van der Waals surface area contributed by atoms with Crippen LogP contribution < -0.4 is 0 Å². The number of aromatic nitrogens is 1. The van der Waals surface area contributed by atoms with Gasteiger partial charge in [-0.1, -0.05) is 0 Å². The highest BCUT2D eigenvalue weighted by Gasteiger charge is 2.27. The molecule has 14 heavy (non-hydrogen) atoms. The van der Waals surface area contributed by atoms with E-state index >= 15 is 0 Å². The number of aliphatic hydroxyl groups is 3. The van der Waals surface area contributed by atoms with Crippen molar-refractivity contribution in [3.8, 4) is 0 Å². The summed E-state index contributed by atoms with van der Waals surface area (Å²) in [6.07, 6.45) is -2.14. The van der Waals surface area contributed by atoms with Crippen LogP contribution in [0.15, 0.2) is 6.20 Å². The van der Waals surface area contributed by atoms with Crippen LogP contribution in [0.1, 0.15) is 16.0 Å². The predicted molar refractivity (Wildman–Crippen MR) is 46.6 cm³/mol. The number of hydrogen-bond acceptors (Lipinski definition) is 6. The van der Waals surface area contributed by atoms with Gasteiger partial charge >= 0.3 is 5.97 Å². The third-order valence-electron chi connectivity index (χ3n) is 1.53. The summed E-state index contributed by atoms with van der Waals surface area (Å²) in [5, 5.41) is 35.4. The first kappa shape index (κ1) is 11.1. The van der Waals surface area contributed by atoms with Gasteiger partial charge in [0.15, 0.2) is 6.10 Å². The fraction of sp³-hybridized carbons (Fsp3) is 0.429. The van der Waals surface area contributed by atoms with Crippen LogP contribution in [0.2, 0.25) is 0 Å². The van der Waals surface area contributed by atoms with E-state index in [4.69, 9.17) is 15.3 Å². The molecule has 0 saturated carbocycles. The van der Waals surface area contributed by atoms with Crippen LogP contribution in [0.25, 0.3) is 0 Å². The van der Waals surface area contributed by atoms with Gasteiger partial charge in [-0.3, -0.25) is 0 Å². The first-order chi connectivity index (χ1) is 6.56. The zero-order chi connectivity index (χ0) is 10.7. The molecule has 0 spiro atoms. The van der Waals surface area contributed by atoms with Crippen LogP contribution in [0.3, 0.4) is 0 Å². The number of carbonyl (C=O) groups is 1. The van der Waals surface area contributed by atoms with Gasteiger partial charge in [0.25, 0.3) is 0 Å². The maximum atomic E-state index is 10.3. The Kier molecular flexibility index (Phi) is 3.53. The van der Waals surface area contributed by atoms with E-state index in [0.29, 0.717) is 4.88 Å². The van der Waals surface area contributed by atoms with Crippen molar-refractivity contribution in [2.24, 2.45) is 0 Å². The maximum Gasteiger partial charge on any atom is 0.335 e. The van der Waals surface area contributed by atoms with Crippen molar-refractivity contribution in [1.82, 2.24) is 4.98 Å². The SMILES string of the molecule is O=C(O)C(O)C(O)c1ncc(CO)s1. The van der Waals surface area contributed by atoms with Gasteiger partial charge < -0.3 is 20.4 Å². The number of aliphatic carboxylic acids is 1. The maximum absolute atomic E-state index is 10.3. The van der Waals surface area contributed by atoms with E-state index in [1.807, 2.05) is 0 Å². The highest BCUT2D eigenvalue weighted by atomic mass is 32.1. The van der Waals surface area contributed by atoms with Gasteiger partial charge in [0.1, 0.15) is 11.1 Å². The molecular weight excluding hydrogens is 210 g/mol. The Morgan fingerprint density at radius 3 is 2.64 bits per heavy atom. The van der Waals surface area contributed by atoms with Gasteiger partial charge in [0.05, 0.1) is 11.5 Å².